The second-order valence-electron chi connectivity index (χ2n) is 4.48. The minimum absolute atomic E-state index is 0.248. The van der Waals surface area contributed by atoms with Gasteiger partial charge in [0.1, 0.15) is 5.15 Å². The maximum atomic E-state index is 10.8. The first kappa shape index (κ1) is 11.3. The van der Waals surface area contributed by atoms with Crippen LogP contribution >= 0.6 is 11.6 Å². The van der Waals surface area contributed by atoms with E-state index in [-0.39, 0.29) is 5.92 Å². The van der Waals surface area contributed by atoms with E-state index in [4.69, 9.17) is 16.7 Å². The Morgan fingerprint density at radius 2 is 2.11 bits per heavy atom. The number of rotatable bonds is 2. The molecule has 0 atom stereocenters. The zero-order valence-corrected chi connectivity index (χ0v) is 10.3. The van der Waals surface area contributed by atoms with Gasteiger partial charge in [0, 0.05) is 30.4 Å². The summed E-state index contributed by atoms with van der Waals surface area (Å²) in [6.45, 7) is 1.14. The van der Waals surface area contributed by atoms with Crippen molar-refractivity contribution < 1.29 is 9.90 Å². The van der Waals surface area contributed by atoms with E-state index >= 15 is 0 Å². The van der Waals surface area contributed by atoms with Crippen molar-refractivity contribution >= 4 is 34.0 Å². The maximum Gasteiger partial charge on any atom is 0.310 e. The van der Waals surface area contributed by atoms with Gasteiger partial charge in [-0.3, -0.25) is 4.79 Å². The molecule has 0 spiro atoms. The minimum Gasteiger partial charge on any atom is -0.481 e. The fourth-order valence-corrected chi connectivity index (χ4v) is 2.31. The normalized spacial score (nSPS) is 15.7. The van der Waals surface area contributed by atoms with Crippen molar-refractivity contribution in [2.24, 2.45) is 5.92 Å². The summed E-state index contributed by atoms with van der Waals surface area (Å²) in [5, 5.41) is 11.4. The molecule has 0 saturated carbocycles. The lowest BCUT2D eigenvalue weighted by Crippen LogP contribution is -2.50. The van der Waals surface area contributed by atoms with E-state index in [0.29, 0.717) is 18.2 Å². The van der Waals surface area contributed by atoms with E-state index in [1.807, 2.05) is 29.2 Å². The Balaban J connectivity index is 1.88. The first-order chi connectivity index (χ1) is 8.63. The summed E-state index contributed by atoms with van der Waals surface area (Å²) in [5.74, 6) is -0.971. The molecule has 1 aromatic heterocycles. The smallest absolute Gasteiger partial charge is 0.310 e. The molecule has 18 heavy (non-hydrogen) atoms. The molecule has 4 nitrogen and oxygen atoms in total. The number of hydrogen-bond acceptors (Lipinski definition) is 3. The standard InChI is InChI=1S/C13H11ClN2O2/c14-12-4-9-3-11(2-1-8(9)5-15-12)16-6-10(7-16)13(17)18/h1-5,10H,6-7H2,(H,17,18). The van der Waals surface area contributed by atoms with Gasteiger partial charge in [-0.05, 0) is 23.6 Å². The lowest BCUT2D eigenvalue weighted by atomic mass is 9.99. The van der Waals surface area contributed by atoms with Crippen LogP contribution in [0.25, 0.3) is 10.8 Å². The first-order valence-electron chi connectivity index (χ1n) is 5.66. The average Bonchev–Trinajstić information content (AvgIpc) is 2.25. The molecule has 0 aliphatic carbocycles. The Kier molecular flexibility index (Phi) is 2.59. The fraction of sp³-hybridized carbons (Fsp3) is 0.231. The summed E-state index contributed by atoms with van der Waals surface area (Å²) in [7, 11) is 0. The number of carboxylic acids is 1. The van der Waals surface area contributed by atoms with E-state index in [9.17, 15) is 4.79 Å². The highest BCUT2D eigenvalue weighted by Crippen LogP contribution is 2.28. The van der Waals surface area contributed by atoms with Crippen LogP contribution in [-0.2, 0) is 4.79 Å². The highest BCUT2D eigenvalue weighted by molar-refractivity contribution is 6.30. The lowest BCUT2D eigenvalue weighted by Gasteiger charge is -2.38. The van der Waals surface area contributed by atoms with E-state index in [1.165, 1.54) is 0 Å². The van der Waals surface area contributed by atoms with Gasteiger partial charge in [-0.15, -0.1) is 0 Å². The predicted molar refractivity (Wildman–Crippen MR) is 70.1 cm³/mol. The van der Waals surface area contributed by atoms with Crippen molar-refractivity contribution in [2.75, 3.05) is 18.0 Å². The summed E-state index contributed by atoms with van der Waals surface area (Å²) >= 11 is 5.86. The number of anilines is 1. The molecule has 0 radical (unpaired) electrons. The monoisotopic (exact) mass is 262 g/mol. The molecule has 1 N–H and O–H groups in total. The van der Waals surface area contributed by atoms with E-state index in [0.717, 1.165) is 16.5 Å². The third-order valence-corrected chi connectivity index (χ3v) is 3.47. The van der Waals surface area contributed by atoms with Crippen molar-refractivity contribution in [2.45, 2.75) is 0 Å². The van der Waals surface area contributed by atoms with Gasteiger partial charge in [0.15, 0.2) is 0 Å². The molecule has 0 bridgehead atoms. The summed E-state index contributed by atoms with van der Waals surface area (Å²) in [5.41, 5.74) is 1.03. The molecule has 1 aliphatic rings. The zero-order chi connectivity index (χ0) is 12.7. The van der Waals surface area contributed by atoms with Crippen LogP contribution in [0.1, 0.15) is 0 Å². The molecule has 2 aromatic rings. The van der Waals surface area contributed by atoms with E-state index in [1.54, 1.807) is 6.20 Å². The Bertz CT molecular complexity index is 623. The molecular weight excluding hydrogens is 252 g/mol. The van der Waals surface area contributed by atoms with Crippen molar-refractivity contribution in [1.29, 1.82) is 0 Å². The molecule has 3 rings (SSSR count). The van der Waals surface area contributed by atoms with Gasteiger partial charge >= 0.3 is 5.97 Å². The molecule has 1 aliphatic heterocycles. The van der Waals surface area contributed by atoms with Crippen LogP contribution in [0.15, 0.2) is 30.5 Å². The number of pyridine rings is 1. The van der Waals surface area contributed by atoms with Gasteiger partial charge in [-0.25, -0.2) is 4.98 Å². The highest BCUT2D eigenvalue weighted by atomic mass is 35.5. The molecule has 0 unspecified atom stereocenters. The van der Waals surface area contributed by atoms with E-state index in [2.05, 4.69) is 4.98 Å². The van der Waals surface area contributed by atoms with Crippen molar-refractivity contribution in [1.82, 2.24) is 4.98 Å². The van der Waals surface area contributed by atoms with Crippen LogP contribution in [0.2, 0.25) is 5.15 Å². The molecule has 1 fully saturated rings. The van der Waals surface area contributed by atoms with Crippen LogP contribution in [-0.4, -0.2) is 29.1 Å². The summed E-state index contributed by atoms with van der Waals surface area (Å²) < 4.78 is 0. The van der Waals surface area contributed by atoms with Crippen LogP contribution in [0.5, 0.6) is 0 Å². The molecule has 1 aromatic carbocycles. The zero-order valence-electron chi connectivity index (χ0n) is 9.51. The largest absolute Gasteiger partial charge is 0.481 e. The first-order valence-corrected chi connectivity index (χ1v) is 6.04. The van der Waals surface area contributed by atoms with Gasteiger partial charge in [-0.2, -0.15) is 0 Å². The van der Waals surface area contributed by atoms with Crippen molar-refractivity contribution in [3.05, 3.63) is 35.6 Å². The van der Waals surface area contributed by atoms with Crippen LogP contribution in [0.4, 0.5) is 5.69 Å². The molecule has 5 heteroatoms. The third kappa shape index (κ3) is 1.88. The topological polar surface area (TPSA) is 53.4 Å². The number of carboxylic acid groups (broad SMARTS) is 1. The van der Waals surface area contributed by atoms with Gasteiger partial charge in [0.2, 0.25) is 0 Å². The molecule has 1 saturated heterocycles. The minimum atomic E-state index is -0.723. The number of aromatic nitrogens is 1. The Labute approximate surface area is 109 Å². The maximum absolute atomic E-state index is 10.8. The number of carbonyl (C=O) groups is 1. The van der Waals surface area contributed by atoms with Crippen LogP contribution in [0, 0.1) is 5.92 Å². The predicted octanol–water partition coefficient (Wildman–Crippen LogP) is 2.41. The Morgan fingerprint density at radius 3 is 2.83 bits per heavy atom. The number of aliphatic carboxylic acids is 1. The molecule has 0 amide bonds. The Morgan fingerprint density at radius 1 is 1.33 bits per heavy atom. The lowest BCUT2D eigenvalue weighted by molar-refractivity contribution is -0.142. The van der Waals surface area contributed by atoms with E-state index < -0.39 is 5.97 Å². The quantitative estimate of drug-likeness (QED) is 0.845. The summed E-state index contributed by atoms with van der Waals surface area (Å²) in [4.78, 5) is 16.8. The van der Waals surface area contributed by atoms with Crippen molar-refractivity contribution in [3.63, 3.8) is 0 Å². The number of benzene rings is 1. The van der Waals surface area contributed by atoms with Gasteiger partial charge in [-0.1, -0.05) is 17.7 Å². The number of fused-ring (bicyclic) bond motifs is 1. The molecule has 2 heterocycles. The molecule has 92 valence electrons. The fourth-order valence-electron chi connectivity index (χ4n) is 2.14. The summed E-state index contributed by atoms with van der Waals surface area (Å²) in [6, 6.07) is 7.79. The second-order valence-corrected chi connectivity index (χ2v) is 4.87. The highest BCUT2D eigenvalue weighted by Gasteiger charge is 2.32. The average molecular weight is 263 g/mol. The van der Waals surface area contributed by atoms with Crippen molar-refractivity contribution in [3.8, 4) is 0 Å². The number of nitrogens with zero attached hydrogens (tertiary/aromatic N) is 2. The second kappa shape index (κ2) is 4.14. The number of hydrogen-bond donors (Lipinski definition) is 1. The van der Waals surface area contributed by atoms with Gasteiger partial charge in [0.05, 0.1) is 5.92 Å². The SMILES string of the molecule is O=C(O)C1CN(c2ccc3cnc(Cl)cc3c2)C1. The van der Waals surface area contributed by atoms with Crippen LogP contribution < -0.4 is 4.90 Å². The van der Waals surface area contributed by atoms with Crippen LogP contribution in [0.3, 0.4) is 0 Å². The third-order valence-electron chi connectivity index (χ3n) is 3.27. The van der Waals surface area contributed by atoms with Gasteiger partial charge < -0.3 is 10.0 Å². The summed E-state index contributed by atoms with van der Waals surface area (Å²) in [6.07, 6.45) is 1.73. The molecular formula is C13H11ClN2O2. The number of halogens is 1. The Hall–Kier alpha value is -1.81. The van der Waals surface area contributed by atoms with Gasteiger partial charge in [0.25, 0.3) is 0 Å².